The first kappa shape index (κ1) is 23.8. The third kappa shape index (κ3) is 9.72. The van der Waals surface area contributed by atoms with Crippen LogP contribution in [0.2, 0.25) is 0 Å². The summed E-state index contributed by atoms with van der Waals surface area (Å²) in [4.78, 5) is 39.9. The molecule has 0 radical (unpaired) electrons. The molecule has 0 bridgehead atoms. The summed E-state index contributed by atoms with van der Waals surface area (Å²) in [6.45, 7) is 0.420. The van der Waals surface area contributed by atoms with E-state index < -0.39 is 18.0 Å². The number of benzene rings is 1. The molecule has 2 aromatic rings. The molecule has 9 nitrogen and oxygen atoms in total. The van der Waals surface area contributed by atoms with E-state index in [1.807, 2.05) is 30.3 Å². The number of aromatic nitrogens is 1. The smallest absolute Gasteiger partial charge is 0.408 e. The molecule has 0 aliphatic rings. The first-order valence-electron chi connectivity index (χ1n) is 10.1. The van der Waals surface area contributed by atoms with Crippen LogP contribution in [-0.2, 0) is 27.5 Å². The number of rotatable bonds is 12. The summed E-state index contributed by atoms with van der Waals surface area (Å²) in [7, 11) is 0. The lowest BCUT2D eigenvalue weighted by atomic mass is 10.1. The molecule has 1 aromatic carbocycles. The van der Waals surface area contributed by atoms with Gasteiger partial charge in [0, 0.05) is 25.4 Å². The molecule has 166 valence electrons. The van der Waals surface area contributed by atoms with Gasteiger partial charge in [0.05, 0.1) is 0 Å². The number of carbonyl (C=O) groups excluding carboxylic acids is 3. The maximum absolute atomic E-state index is 12.7. The van der Waals surface area contributed by atoms with Crippen LogP contribution in [0.15, 0.2) is 54.9 Å². The maximum atomic E-state index is 12.7. The molecule has 0 fully saturated rings. The van der Waals surface area contributed by atoms with Crippen molar-refractivity contribution in [3.63, 3.8) is 0 Å². The fourth-order valence-corrected chi connectivity index (χ4v) is 2.86. The highest BCUT2D eigenvalue weighted by Gasteiger charge is 2.21. The van der Waals surface area contributed by atoms with E-state index >= 15 is 0 Å². The Bertz CT molecular complexity index is 817. The van der Waals surface area contributed by atoms with Crippen LogP contribution in [0.4, 0.5) is 4.79 Å². The summed E-state index contributed by atoms with van der Waals surface area (Å²) in [6.07, 6.45) is 5.04. The minimum Gasteiger partial charge on any atom is -0.445 e. The highest BCUT2D eigenvalue weighted by atomic mass is 16.5. The number of unbranched alkanes of at least 4 members (excludes halogenated alkanes) is 2. The number of carbonyl (C=O) groups is 3. The van der Waals surface area contributed by atoms with Gasteiger partial charge >= 0.3 is 6.09 Å². The van der Waals surface area contributed by atoms with Crippen molar-refractivity contribution in [2.75, 3.05) is 0 Å². The summed E-state index contributed by atoms with van der Waals surface area (Å²) >= 11 is 0. The maximum Gasteiger partial charge on any atom is 0.408 e. The van der Waals surface area contributed by atoms with Crippen LogP contribution in [-0.4, -0.2) is 34.1 Å². The van der Waals surface area contributed by atoms with Gasteiger partial charge in [-0.25, -0.2) is 10.3 Å². The van der Waals surface area contributed by atoms with Crippen LogP contribution < -0.4 is 16.1 Å². The first-order valence-corrected chi connectivity index (χ1v) is 10.1. The Balaban J connectivity index is 1.84. The van der Waals surface area contributed by atoms with E-state index in [-0.39, 0.29) is 18.9 Å². The highest BCUT2D eigenvalue weighted by Crippen LogP contribution is 2.08. The van der Waals surface area contributed by atoms with Gasteiger partial charge < -0.3 is 15.4 Å². The van der Waals surface area contributed by atoms with Crippen LogP contribution >= 0.6 is 0 Å². The van der Waals surface area contributed by atoms with E-state index in [9.17, 15) is 14.4 Å². The molecule has 1 heterocycles. The molecule has 9 heteroatoms. The van der Waals surface area contributed by atoms with Crippen molar-refractivity contribution in [3.8, 4) is 0 Å². The second kappa shape index (κ2) is 13.7. The number of hydrogen-bond donors (Lipinski definition) is 4. The molecule has 1 aromatic heterocycles. The zero-order valence-electron chi connectivity index (χ0n) is 17.3. The van der Waals surface area contributed by atoms with E-state index in [1.54, 1.807) is 30.0 Å². The molecule has 0 saturated heterocycles. The van der Waals surface area contributed by atoms with Crippen LogP contribution in [0, 0.1) is 0 Å². The fourth-order valence-electron chi connectivity index (χ4n) is 2.86. The number of alkyl carbamates (subject to hydrolysis) is 1. The van der Waals surface area contributed by atoms with E-state index in [4.69, 9.17) is 9.94 Å². The molecule has 3 amide bonds. The largest absolute Gasteiger partial charge is 0.445 e. The summed E-state index contributed by atoms with van der Waals surface area (Å²) in [5.41, 5.74) is 3.33. The van der Waals surface area contributed by atoms with Crippen molar-refractivity contribution in [1.82, 2.24) is 21.1 Å². The second-order valence-corrected chi connectivity index (χ2v) is 6.97. The van der Waals surface area contributed by atoms with Gasteiger partial charge in [-0.3, -0.25) is 19.8 Å². The lowest BCUT2D eigenvalue weighted by molar-refractivity contribution is -0.129. The van der Waals surface area contributed by atoms with Gasteiger partial charge in [0.15, 0.2) is 0 Å². The predicted octanol–water partition coefficient (Wildman–Crippen LogP) is 2.45. The summed E-state index contributed by atoms with van der Waals surface area (Å²) in [5.74, 6) is -0.768. The Kier molecular flexibility index (Phi) is 10.5. The third-order valence-electron chi connectivity index (χ3n) is 4.56. The van der Waals surface area contributed by atoms with Crippen molar-refractivity contribution in [2.45, 2.75) is 51.3 Å². The van der Waals surface area contributed by atoms with Gasteiger partial charge in [-0.15, -0.1) is 0 Å². The zero-order chi connectivity index (χ0) is 22.3. The van der Waals surface area contributed by atoms with Crippen LogP contribution in [0.5, 0.6) is 0 Å². The molecule has 0 unspecified atom stereocenters. The van der Waals surface area contributed by atoms with Gasteiger partial charge in [-0.1, -0.05) is 43.2 Å². The van der Waals surface area contributed by atoms with Gasteiger partial charge in [-0.2, -0.15) is 0 Å². The van der Waals surface area contributed by atoms with Gasteiger partial charge in [-0.05, 0) is 36.1 Å². The Morgan fingerprint density at radius 3 is 2.42 bits per heavy atom. The molecular formula is C22H28N4O5. The van der Waals surface area contributed by atoms with E-state index in [0.29, 0.717) is 32.2 Å². The lowest BCUT2D eigenvalue weighted by Gasteiger charge is -2.18. The molecule has 0 spiro atoms. The topological polar surface area (TPSA) is 130 Å². The number of nitrogens with one attached hydrogen (secondary N) is 3. The Hall–Kier alpha value is -3.46. The Labute approximate surface area is 181 Å². The summed E-state index contributed by atoms with van der Waals surface area (Å²) < 4.78 is 5.23. The lowest BCUT2D eigenvalue weighted by Crippen LogP contribution is -2.46. The van der Waals surface area contributed by atoms with Gasteiger partial charge in [0.1, 0.15) is 12.6 Å². The van der Waals surface area contributed by atoms with Crippen molar-refractivity contribution in [1.29, 1.82) is 0 Å². The molecule has 31 heavy (non-hydrogen) atoms. The second-order valence-electron chi connectivity index (χ2n) is 6.97. The predicted molar refractivity (Wildman–Crippen MR) is 113 cm³/mol. The number of ether oxygens (including phenoxy) is 1. The van der Waals surface area contributed by atoms with Crippen LogP contribution in [0.3, 0.4) is 0 Å². The Morgan fingerprint density at radius 1 is 0.968 bits per heavy atom. The fraction of sp³-hybridized carbons (Fsp3) is 0.364. The van der Waals surface area contributed by atoms with Crippen LogP contribution in [0.1, 0.15) is 43.2 Å². The molecule has 2 rings (SSSR count). The minimum atomic E-state index is -0.767. The first-order chi connectivity index (χ1) is 15.1. The number of hydroxylamine groups is 1. The summed E-state index contributed by atoms with van der Waals surface area (Å²) in [6, 6.07) is 12.1. The number of amides is 3. The molecular weight excluding hydrogens is 400 g/mol. The van der Waals surface area contributed by atoms with E-state index in [2.05, 4.69) is 15.6 Å². The molecule has 1 atom stereocenters. The zero-order valence-corrected chi connectivity index (χ0v) is 17.3. The number of pyridine rings is 1. The van der Waals surface area contributed by atoms with Crippen LogP contribution in [0.25, 0.3) is 0 Å². The van der Waals surface area contributed by atoms with E-state index in [1.165, 1.54) is 0 Å². The SMILES string of the molecule is O=C(CCCCC[C@H](NC(=O)OCc1ccccc1)C(=O)NCc1ccncc1)NO. The standard InChI is InChI=1S/C22H28N4O5/c27-20(26-30)10-6-2-5-9-19(21(28)24-15-17-11-13-23-14-12-17)25-22(29)31-16-18-7-3-1-4-8-18/h1,3-4,7-8,11-14,19,30H,2,5-6,9-10,15-16H2,(H,24,28)(H,25,29)(H,26,27)/t19-/m0/s1. The summed E-state index contributed by atoms with van der Waals surface area (Å²) in [5, 5.41) is 14.0. The van der Waals surface area contributed by atoms with Gasteiger partial charge in [0.25, 0.3) is 0 Å². The molecule has 0 aliphatic heterocycles. The molecule has 4 N–H and O–H groups in total. The highest BCUT2D eigenvalue weighted by molar-refractivity contribution is 5.85. The van der Waals surface area contributed by atoms with Crippen molar-refractivity contribution >= 4 is 17.9 Å². The third-order valence-corrected chi connectivity index (χ3v) is 4.56. The molecule has 0 aliphatic carbocycles. The van der Waals surface area contributed by atoms with Crippen molar-refractivity contribution in [2.24, 2.45) is 0 Å². The average Bonchev–Trinajstić information content (AvgIpc) is 2.81. The van der Waals surface area contributed by atoms with E-state index in [0.717, 1.165) is 11.1 Å². The quantitative estimate of drug-likeness (QED) is 0.233. The van der Waals surface area contributed by atoms with Gasteiger partial charge in [0.2, 0.25) is 11.8 Å². The normalized spacial score (nSPS) is 11.3. The minimum absolute atomic E-state index is 0.105. The molecule has 0 saturated carbocycles. The average molecular weight is 428 g/mol. The number of hydrogen-bond acceptors (Lipinski definition) is 6. The monoisotopic (exact) mass is 428 g/mol. The number of nitrogens with zero attached hydrogens (tertiary/aromatic N) is 1. The van der Waals surface area contributed by atoms with Crippen molar-refractivity contribution in [3.05, 3.63) is 66.0 Å². The van der Waals surface area contributed by atoms with Crippen molar-refractivity contribution < 1.29 is 24.3 Å². The Morgan fingerprint density at radius 2 is 1.71 bits per heavy atom.